The molecule has 3 atom stereocenters. The maximum Gasteiger partial charge on any atom is 0.303 e. The Morgan fingerprint density at radius 2 is 1.48 bits per heavy atom. The van der Waals surface area contributed by atoms with Gasteiger partial charge in [0.1, 0.15) is 0 Å². The van der Waals surface area contributed by atoms with Crippen LogP contribution in [-0.2, 0) is 4.79 Å². The van der Waals surface area contributed by atoms with Crippen LogP contribution in [0.5, 0.6) is 0 Å². The second kappa shape index (κ2) is 14.7. The lowest BCUT2D eigenvalue weighted by Gasteiger charge is -2.15. The van der Waals surface area contributed by atoms with Crippen LogP contribution in [0.15, 0.2) is 12.2 Å². The van der Waals surface area contributed by atoms with Crippen molar-refractivity contribution in [2.75, 3.05) is 0 Å². The van der Waals surface area contributed by atoms with Gasteiger partial charge in [-0.2, -0.15) is 0 Å². The van der Waals surface area contributed by atoms with Gasteiger partial charge < -0.3 is 20.4 Å². The molecule has 0 fully saturated rings. The zero-order valence-electron chi connectivity index (χ0n) is 14.4. The van der Waals surface area contributed by atoms with Crippen molar-refractivity contribution < 1.29 is 25.2 Å². The van der Waals surface area contributed by atoms with E-state index in [4.69, 9.17) is 5.11 Å². The molecule has 0 aromatic carbocycles. The van der Waals surface area contributed by atoms with Crippen LogP contribution in [0.4, 0.5) is 0 Å². The monoisotopic (exact) mass is 330 g/mol. The van der Waals surface area contributed by atoms with Crippen molar-refractivity contribution >= 4 is 5.97 Å². The molecule has 5 nitrogen and oxygen atoms in total. The number of rotatable bonds is 15. The number of aliphatic hydroxyl groups is 3. The maximum absolute atomic E-state index is 10.3. The van der Waals surface area contributed by atoms with Gasteiger partial charge in [-0.3, -0.25) is 4.79 Å². The highest BCUT2D eigenvalue weighted by atomic mass is 16.4. The zero-order valence-corrected chi connectivity index (χ0v) is 14.4. The molecule has 0 heterocycles. The summed E-state index contributed by atoms with van der Waals surface area (Å²) in [7, 11) is 0. The molecular formula is C18H34O5. The molecule has 23 heavy (non-hydrogen) atoms. The molecule has 0 aromatic rings. The molecule has 0 spiro atoms. The lowest BCUT2D eigenvalue weighted by molar-refractivity contribution is -0.137. The number of aliphatic carboxylic acids is 1. The quantitative estimate of drug-likeness (QED) is 0.273. The van der Waals surface area contributed by atoms with Gasteiger partial charge in [-0.15, -0.1) is 0 Å². The zero-order chi connectivity index (χ0) is 17.5. The Kier molecular flexibility index (Phi) is 14.1. The smallest absolute Gasteiger partial charge is 0.303 e. The summed E-state index contributed by atoms with van der Waals surface area (Å²) in [6, 6.07) is 0. The fraction of sp³-hybridized carbons (Fsp3) is 0.833. The van der Waals surface area contributed by atoms with E-state index in [1.165, 1.54) is 12.2 Å². The number of aliphatic hydroxyl groups excluding tert-OH is 3. The molecule has 0 rings (SSSR count). The number of hydrogen-bond acceptors (Lipinski definition) is 4. The molecule has 0 amide bonds. The number of carboxylic acid groups (broad SMARTS) is 1. The highest BCUT2D eigenvalue weighted by Crippen LogP contribution is 2.11. The van der Waals surface area contributed by atoms with Crippen LogP contribution >= 0.6 is 0 Å². The third-order valence-electron chi connectivity index (χ3n) is 3.92. The van der Waals surface area contributed by atoms with Crippen molar-refractivity contribution in [1.29, 1.82) is 0 Å². The average molecular weight is 330 g/mol. The van der Waals surface area contributed by atoms with E-state index in [1.54, 1.807) is 0 Å². The summed E-state index contributed by atoms with van der Waals surface area (Å²) in [5.41, 5.74) is 0. The minimum absolute atomic E-state index is 0.199. The predicted molar refractivity (Wildman–Crippen MR) is 91.3 cm³/mol. The molecule has 0 saturated carbocycles. The maximum atomic E-state index is 10.3. The number of carboxylic acids is 1. The van der Waals surface area contributed by atoms with E-state index in [2.05, 4.69) is 6.92 Å². The van der Waals surface area contributed by atoms with E-state index < -0.39 is 24.3 Å². The van der Waals surface area contributed by atoms with Gasteiger partial charge >= 0.3 is 5.97 Å². The summed E-state index contributed by atoms with van der Waals surface area (Å²) in [5, 5.41) is 37.9. The predicted octanol–water partition coefficient (Wildman–Crippen LogP) is 3.02. The van der Waals surface area contributed by atoms with Crippen LogP contribution in [-0.4, -0.2) is 44.7 Å². The van der Waals surface area contributed by atoms with Crippen LogP contribution < -0.4 is 0 Å². The van der Waals surface area contributed by atoms with E-state index in [1.807, 2.05) is 0 Å². The molecule has 5 heteroatoms. The topological polar surface area (TPSA) is 98.0 Å². The van der Waals surface area contributed by atoms with E-state index >= 15 is 0 Å². The third kappa shape index (κ3) is 14.4. The van der Waals surface area contributed by atoms with E-state index in [0.29, 0.717) is 19.3 Å². The fourth-order valence-electron chi connectivity index (χ4n) is 2.40. The van der Waals surface area contributed by atoms with E-state index in [9.17, 15) is 20.1 Å². The summed E-state index contributed by atoms with van der Waals surface area (Å²) >= 11 is 0. The molecule has 0 aliphatic carbocycles. The van der Waals surface area contributed by atoms with Crippen LogP contribution in [0.3, 0.4) is 0 Å². The van der Waals surface area contributed by atoms with Gasteiger partial charge in [-0.25, -0.2) is 0 Å². The largest absolute Gasteiger partial charge is 0.481 e. The number of hydrogen-bond donors (Lipinski definition) is 4. The summed E-state index contributed by atoms with van der Waals surface area (Å²) < 4.78 is 0. The fourth-order valence-corrected chi connectivity index (χ4v) is 2.40. The van der Waals surface area contributed by atoms with Crippen LogP contribution in [0, 0.1) is 0 Å². The van der Waals surface area contributed by atoms with Crippen molar-refractivity contribution in [1.82, 2.24) is 0 Å². The molecular weight excluding hydrogens is 296 g/mol. The Morgan fingerprint density at radius 1 is 0.870 bits per heavy atom. The van der Waals surface area contributed by atoms with Gasteiger partial charge in [0.05, 0.1) is 18.3 Å². The molecule has 4 N–H and O–H groups in total. The van der Waals surface area contributed by atoms with Gasteiger partial charge in [0, 0.05) is 6.42 Å². The highest BCUT2D eigenvalue weighted by Gasteiger charge is 2.13. The van der Waals surface area contributed by atoms with Crippen molar-refractivity contribution in [2.45, 2.75) is 95.9 Å². The number of unbranched alkanes of at least 4 members (excludes halogenated alkanes) is 6. The summed E-state index contributed by atoms with van der Waals surface area (Å²) in [5.74, 6) is -0.768. The lowest BCUT2D eigenvalue weighted by Crippen LogP contribution is -2.24. The SMILES string of the molecule is CCCCCC[C@@H](O)[C@@H](O)/C=C/[C@H](O)CCCCCCC(=O)O. The van der Waals surface area contributed by atoms with Crippen LogP contribution in [0.2, 0.25) is 0 Å². The summed E-state index contributed by atoms with van der Waals surface area (Å²) in [6.07, 6.45) is 9.52. The minimum Gasteiger partial charge on any atom is -0.481 e. The first kappa shape index (κ1) is 22.1. The van der Waals surface area contributed by atoms with Crippen molar-refractivity contribution in [3.05, 3.63) is 12.2 Å². The summed E-state index contributed by atoms with van der Waals surface area (Å²) in [4.78, 5) is 10.3. The van der Waals surface area contributed by atoms with Gasteiger partial charge in [0.15, 0.2) is 0 Å². The number of carbonyl (C=O) groups is 1. The molecule has 0 radical (unpaired) electrons. The van der Waals surface area contributed by atoms with Gasteiger partial charge in [0.2, 0.25) is 0 Å². The summed E-state index contributed by atoms with van der Waals surface area (Å²) in [6.45, 7) is 2.13. The van der Waals surface area contributed by atoms with Crippen molar-refractivity contribution in [3.8, 4) is 0 Å². The molecule has 0 unspecified atom stereocenters. The van der Waals surface area contributed by atoms with Gasteiger partial charge in [-0.1, -0.05) is 64.0 Å². The first-order chi connectivity index (χ1) is 11.0. The normalized spacial score (nSPS) is 15.7. The molecule has 0 aromatic heterocycles. The Bertz CT molecular complexity index is 317. The minimum atomic E-state index is -0.929. The highest BCUT2D eigenvalue weighted by molar-refractivity contribution is 5.66. The first-order valence-electron chi connectivity index (χ1n) is 8.91. The molecule has 0 bridgehead atoms. The van der Waals surface area contributed by atoms with Crippen LogP contribution in [0.1, 0.15) is 77.6 Å². The Labute approximate surface area is 140 Å². The van der Waals surface area contributed by atoms with E-state index in [0.717, 1.165) is 44.9 Å². The van der Waals surface area contributed by atoms with Crippen LogP contribution in [0.25, 0.3) is 0 Å². The second-order valence-corrected chi connectivity index (χ2v) is 6.21. The Balaban J connectivity index is 3.71. The first-order valence-corrected chi connectivity index (χ1v) is 8.91. The molecule has 136 valence electrons. The molecule has 0 aliphatic rings. The average Bonchev–Trinajstić information content (AvgIpc) is 2.52. The van der Waals surface area contributed by atoms with Gasteiger partial charge in [-0.05, 0) is 19.3 Å². The van der Waals surface area contributed by atoms with Crippen molar-refractivity contribution in [3.63, 3.8) is 0 Å². The third-order valence-corrected chi connectivity index (χ3v) is 3.92. The van der Waals surface area contributed by atoms with Gasteiger partial charge in [0.25, 0.3) is 0 Å². The molecule has 0 aliphatic heterocycles. The molecule has 0 saturated heterocycles. The Hall–Kier alpha value is -0.910. The Morgan fingerprint density at radius 3 is 2.13 bits per heavy atom. The van der Waals surface area contributed by atoms with Crippen molar-refractivity contribution in [2.24, 2.45) is 0 Å². The standard InChI is InChI=1S/C18H34O5/c1-2-3-4-8-11-16(20)17(21)14-13-15(19)10-7-5-6-9-12-18(22)23/h13-17,19-21H,2-12H2,1H3,(H,22,23)/b14-13+/t15-,16-,17+/m1/s1. The lowest BCUT2D eigenvalue weighted by atomic mass is 10.0. The van der Waals surface area contributed by atoms with E-state index in [-0.39, 0.29) is 6.42 Å². The second-order valence-electron chi connectivity index (χ2n) is 6.21.